The maximum absolute atomic E-state index is 11.7. The van der Waals surface area contributed by atoms with Gasteiger partial charge in [-0.05, 0) is 28.4 Å². The zero-order chi connectivity index (χ0) is 11.5. The van der Waals surface area contributed by atoms with Gasteiger partial charge in [-0.1, -0.05) is 0 Å². The maximum atomic E-state index is 11.7. The molecule has 0 saturated carbocycles. The number of hydrogen-bond donors (Lipinski definition) is 2. The molecular formula is C10H11BrN2O3. The van der Waals surface area contributed by atoms with Crippen LogP contribution in [-0.4, -0.2) is 24.4 Å². The minimum Gasteiger partial charge on any atom is -0.457 e. The van der Waals surface area contributed by atoms with Crippen LogP contribution in [0.25, 0.3) is 0 Å². The van der Waals surface area contributed by atoms with Gasteiger partial charge in [0.25, 0.3) is 5.91 Å². The average molecular weight is 287 g/mol. The molecule has 0 radical (unpaired) electrons. The monoisotopic (exact) mass is 286 g/mol. The fourth-order valence-corrected chi connectivity index (χ4v) is 2.02. The Morgan fingerprint density at radius 2 is 2.50 bits per heavy atom. The van der Waals surface area contributed by atoms with Crippen LogP contribution in [0.15, 0.2) is 21.4 Å². The van der Waals surface area contributed by atoms with Gasteiger partial charge in [0.15, 0.2) is 4.67 Å². The van der Waals surface area contributed by atoms with Gasteiger partial charge >= 0.3 is 0 Å². The second-order valence-corrected chi connectivity index (χ2v) is 4.34. The zero-order valence-corrected chi connectivity index (χ0v) is 10.0. The molecule has 1 unspecified atom stereocenters. The summed E-state index contributed by atoms with van der Waals surface area (Å²) in [6, 6.07) is 1.63. The van der Waals surface area contributed by atoms with Gasteiger partial charge in [-0.2, -0.15) is 0 Å². The van der Waals surface area contributed by atoms with E-state index in [0.717, 1.165) is 6.42 Å². The van der Waals surface area contributed by atoms with Crippen molar-refractivity contribution in [2.75, 3.05) is 6.54 Å². The lowest BCUT2D eigenvalue weighted by molar-refractivity contribution is -0.119. The first-order valence-electron chi connectivity index (χ1n) is 4.97. The molecule has 1 saturated heterocycles. The van der Waals surface area contributed by atoms with E-state index in [4.69, 9.17) is 4.42 Å². The minimum atomic E-state index is -0.207. The van der Waals surface area contributed by atoms with Crippen molar-refractivity contribution in [2.24, 2.45) is 0 Å². The first kappa shape index (κ1) is 11.2. The quantitative estimate of drug-likeness (QED) is 0.873. The van der Waals surface area contributed by atoms with Crippen LogP contribution < -0.4 is 10.6 Å². The SMILES string of the molecule is O=C1CCC(CNC(=O)c2ccoc2Br)N1. The summed E-state index contributed by atoms with van der Waals surface area (Å²) in [7, 11) is 0. The lowest BCUT2D eigenvalue weighted by Gasteiger charge is -2.10. The summed E-state index contributed by atoms with van der Waals surface area (Å²) in [5, 5.41) is 5.53. The van der Waals surface area contributed by atoms with E-state index in [1.165, 1.54) is 6.26 Å². The van der Waals surface area contributed by atoms with Gasteiger partial charge in [0.1, 0.15) is 0 Å². The molecule has 6 heteroatoms. The molecule has 1 atom stereocenters. The molecule has 0 spiro atoms. The normalized spacial score (nSPS) is 19.6. The van der Waals surface area contributed by atoms with E-state index in [1.807, 2.05) is 0 Å². The highest BCUT2D eigenvalue weighted by Gasteiger charge is 2.21. The smallest absolute Gasteiger partial charge is 0.255 e. The lowest BCUT2D eigenvalue weighted by Crippen LogP contribution is -2.38. The third-order valence-corrected chi connectivity index (χ3v) is 3.07. The Kier molecular flexibility index (Phi) is 3.28. The fourth-order valence-electron chi connectivity index (χ4n) is 1.60. The minimum absolute atomic E-state index is 0.0436. The number of hydrogen-bond acceptors (Lipinski definition) is 3. The lowest BCUT2D eigenvalue weighted by atomic mass is 10.2. The van der Waals surface area contributed by atoms with Gasteiger partial charge in [0.2, 0.25) is 5.91 Å². The second kappa shape index (κ2) is 4.69. The van der Waals surface area contributed by atoms with Crippen molar-refractivity contribution >= 4 is 27.7 Å². The van der Waals surface area contributed by atoms with Crippen molar-refractivity contribution < 1.29 is 14.0 Å². The van der Waals surface area contributed by atoms with Crippen LogP contribution in [0.1, 0.15) is 23.2 Å². The molecule has 1 aromatic rings. The summed E-state index contributed by atoms with van der Waals surface area (Å²) in [6.45, 7) is 0.447. The predicted octanol–water partition coefficient (Wildman–Crippen LogP) is 1.05. The van der Waals surface area contributed by atoms with E-state index in [1.54, 1.807) is 6.07 Å². The predicted molar refractivity (Wildman–Crippen MR) is 59.9 cm³/mol. The van der Waals surface area contributed by atoms with Crippen molar-refractivity contribution in [1.82, 2.24) is 10.6 Å². The van der Waals surface area contributed by atoms with E-state index < -0.39 is 0 Å². The molecule has 1 aliphatic heterocycles. The van der Waals surface area contributed by atoms with Gasteiger partial charge < -0.3 is 15.1 Å². The van der Waals surface area contributed by atoms with Gasteiger partial charge in [-0.25, -0.2) is 0 Å². The van der Waals surface area contributed by atoms with E-state index >= 15 is 0 Å². The molecule has 86 valence electrons. The van der Waals surface area contributed by atoms with Crippen molar-refractivity contribution in [1.29, 1.82) is 0 Å². The maximum Gasteiger partial charge on any atom is 0.255 e. The molecule has 2 rings (SSSR count). The molecule has 1 aliphatic rings. The standard InChI is InChI=1S/C10H11BrN2O3/c11-9-7(3-4-16-9)10(15)12-5-6-1-2-8(14)13-6/h3-4,6H,1-2,5H2,(H,12,15)(H,13,14). The Labute approximate surface area is 101 Å². The molecule has 2 N–H and O–H groups in total. The molecule has 2 heterocycles. The highest BCUT2D eigenvalue weighted by Crippen LogP contribution is 2.17. The number of furan rings is 1. The summed E-state index contributed by atoms with van der Waals surface area (Å²) < 4.78 is 5.38. The first-order valence-corrected chi connectivity index (χ1v) is 5.76. The number of carbonyl (C=O) groups excluding carboxylic acids is 2. The summed E-state index contributed by atoms with van der Waals surface area (Å²) >= 11 is 3.13. The van der Waals surface area contributed by atoms with Gasteiger partial charge in [-0.15, -0.1) is 0 Å². The molecule has 5 nitrogen and oxygen atoms in total. The van der Waals surface area contributed by atoms with Gasteiger partial charge in [-0.3, -0.25) is 9.59 Å². The Morgan fingerprint density at radius 3 is 3.06 bits per heavy atom. The van der Waals surface area contributed by atoms with Gasteiger partial charge in [0, 0.05) is 19.0 Å². The van der Waals surface area contributed by atoms with E-state index in [0.29, 0.717) is 23.2 Å². The molecular weight excluding hydrogens is 276 g/mol. The third-order valence-electron chi connectivity index (χ3n) is 2.46. The third kappa shape index (κ3) is 2.44. The fraction of sp³-hybridized carbons (Fsp3) is 0.400. The first-order chi connectivity index (χ1) is 7.66. The average Bonchev–Trinajstić information content (AvgIpc) is 2.84. The van der Waals surface area contributed by atoms with Crippen LogP contribution in [-0.2, 0) is 4.79 Å². The Morgan fingerprint density at radius 1 is 1.69 bits per heavy atom. The summed E-state index contributed by atoms with van der Waals surface area (Å²) in [5.41, 5.74) is 0.462. The molecule has 16 heavy (non-hydrogen) atoms. The van der Waals surface area contributed by atoms with Gasteiger partial charge in [0.05, 0.1) is 11.8 Å². The van der Waals surface area contributed by atoms with Crippen LogP contribution in [0.2, 0.25) is 0 Å². The van der Waals surface area contributed by atoms with E-state index in [9.17, 15) is 9.59 Å². The largest absolute Gasteiger partial charge is 0.457 e. The number of halogens is 1. The van der Waals surface area contributed by atoms with E-state index in [-0.39, 0.29) is 17.9 Å². The highest BCUT2D eigenvalue weighted by atomic mass is 79.9. The zero-order valence-electron chi connectivity index (χ0n) is 8.46. The number of amides is 2. The number of rotatable bonds is 3. The van der Waals surface area contributed by atoms with Crippen LogP contribution in [0, 0.1) is 0 Å². The molecule has 1 aromatic heterocycles. The highest BCUT2D eigenvalue weighted by molar-refractivity contribution is 9.10. The molecule has 2 amide bonds. The van der Waals surface area contributed by atoms with Crippen molar-refractivity contribution in [3.8, 4) is 0 Å². The molecule has 0 aliphatic carbocycles. The van der Waals surface area contributed by atoms with Crippen molar-refractivity contribution in [3.63, 3.8) is 0 Å². The van der Waals surface area contributed by atoms with Crippen LogP contribution in [0.3, 0.4) is 0 Å². The topological polar surface area (TPSA) is 71.3 Å². The van der Waals surface area contributed by atoms with Crippen molar-refractivity contribution in [3.05, 3.63) is 22.6 Å². The van der Waals surface area contributed by atoms with E-state index in [2.05, 4.69) is 26.6 Å². The molecule has 1 fully saturated rings. The van der Waals surface area contributed by atoms with Crippen molar-refractivity contribution in [2.45, 2.75) is 18.9 Å². The van der Waals surface area contributed by atoms with Crippen LogP contribution >= 0.6 is 15.9 Å². The summed E-state index contributed by atoms with van der Waals surface area (Å²) in [5.74, 6) is -0.162. The molecule has 0 bridgehead atoms. The van der Waals surface area contributed by atoms with Crippen LogP contribution in [0.5, 0.6) is 0 Å². The summed E-state index contributed by atoms with van der Waals surface area (Å²) in [4.78, 5) is 22.6. The van der Waals surface area contributed by atoms with Crippen LogP contribution in [0.4, 0.5) is 0 Å². The number of nitrogens with one attached hydrogen (secondary N) is 2. The second-order valence-electron chi connectivity index (χ2n) is 3.62. The Bertz CT molecular complexity index is 416. The summed E-state index contributed by atoms with van der Waals surface area (Å²) in [6.07, 6.45) is 2.75. The molecule has 0 aromatic carbocycles. The number of carbonyl (C=O) groups is 2. The Balaban J connectivity index is 1.85. The Hall–Kier alpha value is -1.30.